The molecule has 2 aromatic rings. The highest BCUT2D eigenvalue weighted by Crippen LogP contribution is 2.32. The Morgan fingerprint density at radius 1 is 1.06 bits per heavy atom. The zero-order valence-corrected chi connectivity index (χ0v) is 17.8. The molecule has 2 N–H and O–H groups in total. The number of likely N-dealkylation sites (N-methyl/N-ethyl adjacent to an activating group) is 1. The maximum Gasteiger partial charge on any atom is 0.325 e. The van der Waals surface area contributed by atoms with E-state index in [-0.39, 0.29) is 24.9 Å². The standard InChI is InChI=1S/C23H26N4O4/c1-4-23(18-8-6-5-7-9-18)21(30)27(22(31)25-23)15-19(28)26(3)14-16-10-12-17(13-11-16)20(29)24-2/h5-13H,4,14-15H2,1-3H3,(H,24,29)(H,25,31). The van der Waals surface area contributed by atoms with Crippen molar-refractivity contribution in [3.05, 3.63) is 71.3 Å². The Kier molecular flexibility index (Phi) is 6.39. The maximum absolute atomic E-state index is 13.1. The van der Waals surface area contributed by atoms with Crippen LogP contribution in [0.3, 0.4) is 0 Å². The van der Waals surface area contributed by atoms with E-state index in [0.717, 1.165) is 10.5 Å². The Morgan fingerprint density at radius 3 is 2.29 bits per heavy atom. The van der Waals surface area contributed by atoms with Crippen molar-refractivity contribution in [2.45, 2.75) is 25.4 Å². The smallest absolute Gasteiger partial charge is 0.325 e. The zero-order chi connectivity index (χ0) is 22.6. The van der Waals surface area contributed by atoms with Crippen molar-refractivity contribution in [2.24, 2.45) is 0 Å². The van der Waals surface area contributed by atoms with Crippen molar-refractivity contribution in [1.29, 1.82) is 0 Å². The lowest BCUT2D eigenvalue weighted by atomic mass is 9.87. The second-order valence-corrected chi connectivity index (χ2v) is 7.47. The molecular formula is C23H26N4O4. The van der Waals surface area contributed by atoms with E-state index in [9.17, 15) is 19.2 Å². The minimum atomic E-state index is -1.16. The molecule has 1 unspecified atom stereocenters. The molecule has 2 aromatic carbocycles. The monoisotopic (exact) mass is 422 g/mol. The zero-order valence-electron chi connectivity index (χ0n) is 17.8. The Morgan fingerprint density at radius 2 is 1.71 bits per heavy atom. The van der Waals surface area contributed by atoms with E-state index in [0.29, 0.717) is 17.5 Å². The molecule has 0 saturated carbocycles. The number of amides is 5. The van der Waals surface area contributed by atoms with E-state index in [1.807, 2.05) is 25.1 Å². The van der Waals surface area contributed by atoms with Crippen LogP contribution in [0.5, 0.6) is 0 Å². The van der Waals surface area contributed by atoms with Gasteiger partial charge in [-0.3, -0.25) is 19.3 Å². The number of urea groups is 1. The molecule has 8 heteroatoms. The normalized spacial score (nSPS) is 18.0. The third-order valence-corrected chi connectivity index (χ3v) is 5.55. The fourth-order valence-corrected chi connectivity index (χ4v) is 3.66. The predicted molar refractivity (Wildman–Crippen MR) is 115 cm³/mol. The first kappa shape index (κ1) is 22.0. The highest BCUT2D eigenvalue weighted by Gasteiger charge is 2.51. The second kappa shape index (κ2) is 8.99. The third kappa shape index (κ3) is 4.28. The van der Waals surface area contributed by atoms with Crippen molar-refractivity contribution in [1.82, 2.24) is 20.4 Å². The van der Waals surface area contributed by atoms with E-state index in [2.05, 4.69) is 10.6 Å². The predicted octanol–water partition coefficient (Wildman–Crippen LogP) is 1.86. The van der Waals surface area contributed by atoms with Crippen LogP contribution in [0.25, 0.3) is 0 Å². The quantitative estimate of drug-likeness (QED) is 0.666. The number of imide groups is 1. The van der Waals surface area contributed by atoms with Gasteiger partial charge in [0.05, 0.1) is 0 Å². The molecule has 0 aromatic heterocycles. The largest absolute Gasteiger partial charge is 0.355 e. The SMILES string of the molecule is CCC1(c2ccccc2)NC(=O)N(CC(=O)N(C)Cc2ccc(C(=O)NC)cc2)C1=O. The molecule has 5 amide bonds. The first-order valence-corrected chi connectivity index (χ1v) is 10.1. The first-order valence-electron chi connectivity index (χ1n) is 10.1. The number of rotatable bonds is 7. The van der Waals surface area contributed by atoms with Crippen LogP contribution in [0.15, 0.2) is 54.6 Å². The second-order valence-electron chi connectivity index (χ2n) is 7.47. The number of nitrogens with one attached hydrogen (secondary N) is 2. The van der Waals surface area contributed by atoms with Crippen LogP contribution in [0.1, 0.15) is 34.8 Å². The molecule has 0 radical (unpaired) electrons. The third-order valence-electron chi connectivity index (χ3n) is 5.55. The average molecular weight is 422 g/mol. The summed E-state index contributed by atoms with van der Waals surface area (Å²) in [5.41, 5.74) is 0.881. The van der Waals surface area contributed by atoms with Crippen LogP contribution in [0.2, 0.25) is 0 Å². The summed E-state index contributed by atoms with van der Waals surface area (Å²) in [6.07, 6.45) is 0.375. The van der Waals surface area contributed by atoms with E-state index in [1.165, 1.54) is 4.90 Å². The fraction of sp³-hybridized carbons (Fsp3) is 0.304. The minimum absolute atomic E-state index is 0.188. The van der Waals surface area contributed by atoms with Crippen LogP contribution in [0.4, 0.5) is 4.79 Å². The van der Waals surface area contributed by atoms with Gasteiger partial charge in [0.25, 0.3) is 11.8 Å². The maximum atomic E-state index is 13.1. The van der Waals surface area contributed by atoms with Gasteiger partial charge in [-0.2, -0.15) is 0 Å². The Labute approximate surface area is 181 Å². The van der Waals surface area contributed by atoms with E-state index in [4.69, 9.17) is 0 Å². The van der Waals surface area contributed by atoms with Crippen LogP contribution < -0.4 is 10.6 Å². The average Bonchev–Trinajstić information content (AvgIpc) is 3.04. The van der Waals surface area contributed by atoms with Gasteiger partial charge in [0.15, 0.2) is 0 Å². The summed E-state index contributed by atoms with van der Waals surface area (Å²) in [6.45, 7) is 1.77. The van der Waals surface area contributed by atoms with Gasteiger partial charge in [0.1, 0.15) is 12.1 Å². The van der Waals surface area contributed by atoms with Gasteiger partial charge in [0, 0.05) is 26.2 Å². The van der Waals surface area contributed by atoms with Gasteiger partial charge < -0.3 is 15.5 Å². The van der Waals surface area contributed by atoms with Gasteiger partial charge in [0.2, 0.25) is 5.91 Å². The lowest BCUT2D eigenvalue weighted by Gasteiger charge is -2.26. The molecule has 1 saturated heterocycles. The minimum Gasteiger partial charge on any atom is -0.355 e. The summed E-state index contributed by atoms with van der Waals surface area (Å²) >= 11 is 0. The molecule has 0 spiro atoms. The first-order chi connectivity index (χ1) is 14.8. The van der Waals surface area contributed by atoms with Gasteiger partial charge >= 0.3 is 6.03 Å². The number of hydrogen-bond acceptors (Lipinski definition) is 4. The highest BCUT2D eigenvalue weighted by molar-refractivity contribution is 6.09. The van der Waals surface area contributed by atoms with E-state index < -0.39 is 17.5 Å². The molecular weight excluding hydrogens is 396 g/mol. The van der Waals surface area contributed by atoms with E-state index >= 15 is 0 Å². The van der Waals surface area contributed by atoms with Crippen molar-refractivity contribution in [3.8, 4) is 0 Å². The molecule has 0 bridgehead atoms. The van der Waals surface area contributed by atoms with Crippen LogP contribution in [-0.4, -0.2) is 54.2 Å². The fourth-order valence-electron chi connectivity index (χ4n) is 3.66. The molecule has 1 fully saturated rings. The molecule has 1 aliphatic rings. The van der Waals surface area contributed by atoms with Crippen molar-refractivity contribution >= 4 is 23.8 Å². The van der Waals surface area contributed by atoms with Crippen LogP contribution in [-0.2, 0) is 21.7 Å². The molecule has 3 rings (SSSR count). The number of hydrogen-bond donors (Lipinski definition) is 2. The summed E-state index contributed by atoms with van der Waals surface area (Å²) in [4.78, 5) is 52.5. The molecule has 1 atom stereocenters. The Balaban J connectivity index is 1.69. The number of benzene rings is 2. The van der Waals surface area contributed by atoms with Gasteiger partial charge in [-0.05, 0) is 29.7 Å². The van der Waals surface area contributed by atoms with Crippen LogP contribution in [0, 0.1) is 0 Å². The summed E-state index contributed by atoms with van der Waals surface area (Å²) in [5, 5.41) is 5.33. The van der Waals surface area contributed by atoms with Gasteiger partial charge in [-0.1, -0.05) is 49.4 Å². The molecule has 1 aliphatic heterocycles. The lowest BCUT2D eigenvalue weighted by Crippen LogP contribution is -2.45. The number of carbonyl (C=O) groups excluding carboxylic acids is 4. The van der Waals surface area contributed by atoms with Crippen molar-refractivity contribution in [2.75, 3.05) is 20.6 Å². The van der Waals surface area contributed by atoms with Gasteiger partial charge in [-0.15, -0.1) is 0 Å². The summed E-state index contributed by atoms with van der Waals surface area (Å²) in [6, 6.07) is 15.4. The molecule has 162 valence electrons. The molecule has 0 aliphatic carbocycles. The highest BCUT2D eigenvalue weighted by atomic mass is 16.2. The summed E-state index contributed by atoms with van der Waals surface area (Å²) in [5.74, 6) is -0.978. The van der Waals surface area contributed by atoms with Crippen molar-refractivity contribution in [3.63, 3.8) is 0 Å². The lowest BCUT2D eigenvalue weighted by molar-refractivity contribution is -0.138. The number of carbonyl (C=O) groups is 4. The van der Waals surface area contributed by atoms with E-state index in [1.54, 1.807) is 50.5 Å². The molecule has 8 nitrogen and oxygen atoms in total. The summed E-state index contributed by atoms with van der Waals surface area (Å²) < 4.78 is 0. The molecule has 1 heterocycles. The Hall–Kier alpha value is -3.68. The Bertz CT molecular complexity index is 990. The topological polar surface area (TPSA) is 98.8 Å². The van der Waals surface area contributed by atoms with Gasteiger partial charge in [-0.25, -0.2) is 4.79 Å². The van der Waals surface area contributed by atoms with Crippen molar-refractivity contribution < 1.29 is 19.2 Å². The van der Waals surface area contributed by atoms with Crippen LogP contribution >= 0.6 is 0 Å². The number of nitrogens with zero attached hydrogens (tertiary/aromatic N) is 2. The summed E-state index contributed by atoms with van der Waals surface area (Å²) in [7, 11) is 3.17. The molecule has 31 heavy (non-hydrogen) atoms.